The molecule has 3 aliphatic heterocycles. The molecule has 1 unspecified atom stereocenters. The van der Waals surface area contributed by atoms with Gasteiger partial charge in [0.25, 0.3) is 5.91 Å². The van der Waals surface area contributed by atoms with Crippen LogP contribution in [0.1, 0.15) is 29.8 Å². The van der Waals surface area contributed by atoms with Gasteiger partial charge in [0, 0.05) is 18.8 Å². The fourth-order valence-electron chi connectivity index (χ4n) is 3.55. The smallest absolute Gasteiger partial charge is 0.270 e. The number of nitrogens with zero attached hydrogens (tertiary/aromatic N) is 2. The highest BCUT2D eigenvalue weighted by Crippen LogP contribution is 2.27. The van der Waals surface area contributed by atoms with Crippen molar-refractivity contribution < 1.29 is 4.79 Å². The summed E-state index contributed by atoms with van der Waals surface area (Å²) in [4.78, 5) is 19.2. The molecule has 2 aromatic heterocycles. The molecule has 0 spiro atoms. The Morgan fingerprint density at radius 3 is 3.10 bits per heavy atom. The van der Waals surface area contributed by atoms with E-state index in [1.807, 2.05) is 17.5 Å². The zero-order chi connectivity index (χ0) is 14.2. The molecule has 2 aromatic rings. The van der Waals surface area contributed by atoms with Crippen LogP contribution in [0.4, 0.5) is 0 Å². The number of thiophene rings is 1. The molecular formula is C16H19N3OS. The molecule has 1 N–H and O–H groups in total. The van der Waals surface area contributed by atoms with E-state index in [4.69, 9.17) is 0 Å². The van der Waals surface area contributed by atoms with Crippen molar-refractivity contribution >= 4 is 27.3 Å². The Labute approximate surface area is 128 Å². The van der Waals surface area contributed by atoms with Gasteiger partial charge in [0.2, 0.25) is 0 Å². The highest BCUT2D eigenvalue weighted by Gasteiger charge is 2.30. The van der Waals surface area contributed by atoms with Crippen LogP contribution in [-0.2, 0) is 0 Å². The highest BCUT2D eigenvalue weighted by atomic mass is 32.1. The van der Waals surface area contributed by atoms with Crippen LogP contribution in [0.5, 0.6) is 0 Å². The van der Waals surface area contributed by atoms with Crippen molar-refractivity contribution in [3.63, 3.8) is 0 Å². The Morgan fingerprint density at radius 1 is 1.38 bits per heavy atom. The maximum atomic E-state index is 12.4. The molecule has 3 saturated heterocycles. The second-order valence-electron chi connectivity index (χ2n) is 6.18. The predicted molar refractivity (Wildman–Crippen MR) is 84.7 cm³/mol. The summed E-state index contributed by atoms with van der Waals surface area (Å²) in [7, 11) is 0. The van der Waals surface area contributed by atoms with Crippen LogP contribution in [-0.4, -0.2) is 41.5 Å². The normalized spacial score (nSPS) is 28.5. The molecule has 2 bridgehead atoms. The molecule has 1 atom stereocenters. The van der Waals surface area contributed by atoms with Crippen LogP contribution in [0.3, 0.4) is 0 Å². The van der Waals surface area contributed by atoms with Crippen molar-refractivity contribution in [2.24, 2.45) is 5.92 Å². The molecule has 0 aliphatic carbocycles. The maximum absolute atomic E-state index is 12.4. The van der Waals surface area contributed by atoms with Gasteiger partial charge in [-0.05, 0) is 61.2 Å². The first-order valence-corrected chi connectivity index (χ1v) is 8.52. The van der Waals surface area contributed by atoms with Gasteiger partial charge in [0.1, 0.15) is 5.69 Å². The number of carbonyl (C=O) groups is 1. The van der Waals surface area contributed by atoms with Crippen LogP contribution >= 0.6 is 11.3 Å². The third-order valence-electron chi connectivity index (χ3n) is 4.71. The molecule has 4 nitrogen and oxygen atoms in total. The summed E-state index contributed by atoms with van der Waals surface area (Å²) in [5, 5.41) is 6.33. The summed E-state index contributed by atoms with van der Waals surface area (Å²) in [5.74, 6) is 0.747. The van der Waals surface area contributed by atoms with Gasteiger partial charge in [-0.25, -0.2) is 4.98 Å². The standard InChI is InChI=1S/C16H19N3OS/c20-16(14-8-12-3-6-21-15(12)9-17-14)18-13-7-11-1-4-19(10-13)5-2-11/h3,6,8-9,11,13H,1-2,4-5,7,10H2,(H,18,20). The highest BCUT2D eigenvalue weighted by molar-refractivity contribution is 7.17. The van der Waals surface area contributed by atoms with E-state index in [1.165, 1.54) is 25.9 Å². The van der Waals surface area contributed by atoms with Crippen LogP contribution in [0, 0.1) is 5.92 Å². The van der Waals surface area contributed by atoms with E-state index in [1.54, 1.807) is 17.5 Å². The summed E-state index contributed by atoms with van der Waals surface area (Å²) in [6.07, 6.45) is 5.48. The average molecular weight is 301 g/mol. The Kier molecular flexibility index (Phi) is 3.39. The van der Waals surface area contributed by atoms with Gasteiger partial charge < -0.3 is 10.2 Å². The Morgan fingerprint density at radius 2 is 2.24 bits per heavy atom. The minimum absolute atomic E-state index is 0.0319. The fourth-order valence-corrected chi connectivity index (χ4v) is 4.29. The van der Waals surface area contributed by atoms with E-state index in [-0.39, 0.29) is 11.9 Å². The zero-order valence-corrected chi connectivity index (χ0v) is 12.7. The van der Waals surface area contributed by atoms with Crippen LogP contribution in [0.2, 0.25) is 0 Å². The Hall–Kier alpha value is -1.46. The summed E-state index contributed by atoms with van der Waals surface area (Å²) in [6, 6.07) is 4.20. The van der Waals surface area contributed by atoms with E-state index in [0.717, 1.165) is 29.0 Å². The van der Waals surface area contributed by atoms with Crippen molar-refractivity contribution in [3.8, 4) is 0 Å². The number of nitrogens with one attached hydrogen (secondary N) is 1. The lowest BCUT2D eigenvalue weighted by Gasteiger charge is -2.26. The van der Waals surface area contributed by atoms with E-state index < -0.39 is 0 Å². The lowest BCUT2D eigenvalue weighted by atomic mass is 9.94. The summed E-state index contributed by atoms with van der Waals surface area (Å²) >= 11 is 1.65. The molecule has 0 radical (unpaired) electrons. The number of carbonyl (C=O) groups excluding carboxylic acids is 1. The fraction of sp³-hybridized carbons (Fsp3) is 0.500. The number of piperidine rings is 1. The molecule has 0 saturated carbocycles. The molecule has 0 aromatic carbocycles. The third kappa shape index (κ3) is 2.68. The van der Waals surface area contributed by atoms with Gasteiger partial charge >= 0.3 is 0 Å². The zero-order valence-electron chi connectivity index (χ0n) is 11.9. The third-order valence-corrected chi connectivity index (χ3v) is 5.58. The molecular weight excluding hydrogens is 282 g/mol. The largest absolute Gasteiger partial charge is 0.347 e. The number of amides is 1. The average Bonchev–Trinajstić information content (AvgIpc) is 2.78. The predicted octanol–water partition coefficient (Wildman–Crippen LogP) is 2.51. The second kappa shape index (κ2) is 5.39. The lowest BCUT2D eigenvalue weighted by Crippen LogP contribution is -2.42. The SMILES string of the molecule is O=C(NC1CC2CCN(CC2)C1)c1cc2ccsc2cn1. The Balaban J connectivity index is 1.49. The van der Waals surface area contributed by atoms with E-state index in [2.05, 4.69) is 15.2 Å². The van der Waals surface area contributed by atoms with Gasteiger partial charge in [-0.15, -0.1) is 11.3 Å². The molecule has 5 heterocycles. The van der Waals surface area contributed by atoms with Crippen LogP contribution in [0.15, 0.2) is 23.7 Å². The molecule has 5 heteroatoms. The summed E-state index contributed by atoms with van der Waals surface area (Å²) in [6.45, 7) is 3.37. The number of hydrogen-bond donors (Lipinski definition) is 1. The first kappa shape index (κ1) is 13.2. The van der Waals surface area contributed by atoms with Gasteiger partial charge in [0.15, 0.2) is 0 Å². The minimum atomic E-state index is -0.0319. The lowest BCUT2D eigenvalue weighted by molar-refractivity contribution is 0.0924. The molecule has 5 rings (SSSR count). The number of pyridine rings is 1. The van der Waals surface area contributed by atoms with Gasteiger partial charge in [0.05, 0.1) is 4.70 Å². The van der Waals surface area contributed by atoms with Crippen molar-refractivity contribution in [1.82, 2.24) is 15.2 Å². The summed E-state index contributed by atoms with van der Waals surface area (Å²) < 4.78 is 1.13. The maximum Gasteiger partial charge on any atom is 0.270 e. The topological polar surface area (TPSA) is 45.2 Å². The van der Waals surface area contributed by atoms with Gasteiger partial charge in [-0.2, -0.15) is 0 Å². The molecule has 3 fully saturated rings. The van der Waals surface area contributed by atoms with Gasteiger partial charge in [-0.3, -0.25) is 4.79 Å². The summed E-state index contributed by atoms with van der Waals surface area (Å²) in [5.41, 5.74) is 0.535. The van der Waals surface area contributed by atoms with Crippen molar-refractivity contribution in [3.05, 3.63) is 29.4 Å². The van der Waals surface area contributed by atoms with E-state index in [9.17, 15) is 4.79 Å². The number of hydrogen-bond acceptors (Lipinski definition) is 4. The number of rotatable bonds is 2. The first-order valence-electron chi connectivity index (χ1n) is 7.64. The van der Waals surface area contributed by atoms with Crippen LogP contribution < -0.4 is 5.32 Å². The van der Waals surface area contributed by atoms with E-state index >= 15 is 0 Å². The second-order valence-corrected chi connectivity index (χ2v) is 7.13. The molecule has 21 heavy (non-hydrogen) atoms. The Bertz CT molecular complexity index is 646. The monoisotopic (exact) mass is 301 g/mol. The van der Waals surface area contributed by atoms with Crippen molar-refractivity contribution in [2.75, 3.05) is 19.6 Å². The molecule has 3 aliphatic rings. The minimum Gasteiger partial charge on any atom is -0.347 e. The number of fused-ring (bicyclic) bond motifs is 5. The molecule has 1 amide bonds. The van der Waals surface area contributed by atoms with Gasteiger partial charge in [-0.1, -0.05) is 0 Å². The molecule has 110 valence electrons. The quantitative estimate of drug-likeness (QED) is 0.927. The first-order chi connectivity index (χ1) is 10.3. The number of aromatic nitrogens is 1. The van der Waals surface area contributed by atoms with E-state index in [0.29, 0.717) is 5.69 Å². The van der Waals surface area contributed by atoms with Crippen LogP contribution in [0.25, 0.3) is 10.1 Å². The van der Waals surface area contributed by atoms with Crippen molar-refractivity contribution in [1.29, 1.82) is 0 Å². The van der Waals surface area contributed by atoms with Crippen molar-refractivity contribution in [2.45, 2.75) is 25.3 Å².